The van der Waals surface area contributed by atoms with Gasteiger partial charge in [-0.05, 0) is 30.7 Å². The molecule has 0 aromatic heterocycles. The van der Waals surface area contributed by atoms with E-state index in [4.69, 9.17) is 0 Å². The number of aliphatic hydroxyl groups is 1. The first-order chi connectivity index (χ1) is 11.0. The molecule has 0 saturated carbocycles. The third kappa shape index (κ3) is 4.14. The third-order valence-electron chi connectivity index (χ3n) is 3.42. The molecule has 2 unspecified atom stereocenters. The van der Waals surface area contributed by atoms with Crippen LogP contribution in [0.5, 0.6) is 0 Å². The molecule has 0 aliphatic rings. The lowest BCUT2D eigenvalue weighted by atomic mass is 10.0. The molecular formula is C17H17FN2O3. The molecule has 2 atom stereocenters. The lowest BCUT2D eigenvalue weighted by Crippen LogP contribution is -2.37. The Hall–Kier alpha value is -2.73. The zero-order valence-electron chi connectivity index (χ0n) is 12.5. The summed E-state index contributed by atoms with van der Waals surface area (Å²) in [5.74, 6) is -1.10. The maximum atomic E-state index is 13.4. The van der Waals surface area contributed by atoms with Gasteiger partial charge in [0.1, 0.15) is 5.82 Å². The van der Waals surface area contributed by atoms with Crippen molar-refractivity contribution in [1.82, 2.24) is 5.32 Å². The summed E-state index contributed by atoms with van der Waals surface area (Å²) in [6.07, 6.45) is -0.532. The number of hydrogen-bond acceptors (Lipinski definition) is 3. The van der Waals surface area contributed by atoms with Gasteiger partial charge >= 0.3 is 0 Å². The van der Waals surface area contributed by atoms with Crippen molar-refractivity contribution in [2.45, 2.75) is 19.1 Å². The first-order valence-electron chi connectivity index (χ1n) is 7.06. The number of carbonyl (C=O) groups excluding carboxylic acids is 2. The Morgan fingerprint density at radius 1 is 1.22 bits per heavy atom. The number of rotatable bonds is 6. The minimum atomic E-state index is -0.867. The van der Waals surface area contributed by atoms with Crippen molar-refractivity contribution in [3.63, 3.8) is 0 Å². The Bertz CT molecular complexity index is 691. The number of hydrogen-bond donors (Lipinski definition) is 3. The largest absolute Gasteiger partial charge is 0.386 e. The summed E-state index contributed by atoms with van der Waals surface area (Å²) in [7, 11) is 0. The first kappa shape index (κ1) is 16.6. The van der Waals surface area contributed by atoms with Gasteiger partial charge in [-0.2, -0.15) is 0 Å². The van der Waals surface area contributed by atoms with E-state index in [9.17, 15) is 19.1 Å². The molecule has 3 N–H and O–H groups in total. The van der Waals surface area contributed by atoms with Gasteiger partial charge in [0.05, 0.1) is 17.8 Å². The van der Waals surface area contributed by atoms with Crippen LogP contribution < -0.4 is 10.6 Å². The number of benzene rings is 2. The molecule has 0 bridgehead atoms. The highest BCUT2D eigenvalue weighted by Gasteiger charge is 2.19. The molecule has 0 heterocycles. The summed E-state index contributed by atoms with van der Waals surface area (Å²) in [6.45, 7) is 1.67. The average Bonchev–Trinajstić information content (AvgIpc) is 2.57. The lowest BCUT2D eigenvalue weighted by Gasteiger charge is -2.20. The molecule has 0 spiro atoms. The number of carbonyl (C=O) groups is 2. The van der Waals surface area contributed by atoms with E-state index in [-0.39, 0.29) is 11.3 Å². The Labute approximate surface area is 133 Å². The lowest BCUT2D eigenvalue weighted by molar-refractivity contribution is -0.105. The monoisotopic (exact) mass is 316 g/mol. The predicted octanol–water partition coefficient (Wildman–Crippen LogP) is 2.25. The van der Waals surface area contributed by atoms with Gasteiger partial charge in [0.25, 0.3) is 5.91 Å². The Morgan fingerprint density at radius 3 is 2.57 bits per heavy atom. The van der Waals surface area contributed by atoms with Crippen molar-refractivity contribution < 1.29 is 19.1 Å². The SMILES string of the molecule is CC(NC(=O)c1ccc(F)c(NC=O)c1)C(O)c1ccccc1. The van der Waals surface area contributed by atoms with E-state index >= 15 is 0 Å². The summed E-state index contributed by atoms with van der Waals surface area (Å²) in [4.78, 5) is 22.6. The molecular weight excluding hydrogens is 299 g/mol. The van der Waals surface area contributed by atoms with Crippen LogP contribution in [0, 0.1) is 5.82 Å². The van der Waals surface area contributed by atoms with E-state index in [1.54, 1.807) is 31.2 Å². The van der Waals surface area contributed by atoms with Crippen LogP contribution in [0.2, 0.25) is 0 Å². The highest BCUT2D eigenvalue weighted by Crippen LogP contribution is 2.18. The molecule has 5 nitrogen and oxygen atoms in total. The quantitative estimate of drug-likeness (QED) is 0.715. The van der Waals surface area contributed by atoms with Gasteiger partial charge in [0, 0.05) is 5.56 Å². The Kier molecular flexibility index (Phi) is 5.43. The normalized spacial score (nSPS) is 13.0. The van der Waals surface area contributed by atoms with Crippen molar-refractivity contribution in [3.05, 3.63) is 65.5 Å². The molecule has 0 radical (unpaired) electrons. The topological polar surface area (TPSA) is 78.4 Å². The predicted molar refractivity (Wildman–Crippen MR) is 84.4 cm³/mol. The number of aliphatic hydroxyl groups excluding tert-OH is 1. The van der Waals surface area contributed by atoms with Crippen molar-refractivity contribution >= 4 is 18.0 Å². The van der Waals surface area contributed by atoms with E-state index < -0.39 is 23.9 Å². The summed E-state index contributed by atoms with van der Waals surface area (Å²) in [5.41, 5.74) is 0.787. The van der Waals surface area contributed by atoms with E-state index in [1.807, 2.05) is 6.07 Å². The second kappa shape index (κ2) is 7.51. The Balaban J connectivity index is 2.09. The van der Waals surface area contributed by atoms with Crippen LogP contribution >= 0.6 is 0 Å². The van der Waals surface area contributed by atoms with E-state index in [2.05, 4.69) is 10.6 Å². The van der Waals surface area contributed by atoms with Crippen LogP contribution in [0.1, 0.15) is 28.9 Å². The summed E-state index contributed by atoms with van der Waals surface area (Å²) >= 11 is 0. The Morgan fingerprint density at radius 2 is 1.91 bits per heavy atom. The van der Waals surface area contributed by atoms with Gasteiger partial charge in [-0.25, -0.2) is 4.39 Å². The molecule has 2 rings (SSSR count). The average molecular weight is 316 g/mol. The number of halogens is 1. The minimum Gasteiger partial charge on any atom is -0.386 e. The molecule has 2 aromatic carbocycles. The molecule has 120 valence electrons. The van der Waals surface area contributed by atoms with Crippen molar-refractivity contribution in [2.75, 3.05) is 5.32 Å². The summed E-state index contributed by atoms with van der Waals surface area (Å²) < 4.78 is 13.4. The van der Waals surface area contributed by atoms with Gasteiger partial charge < -0.3 is 15.7 Å². The van der Waals surface area contributed by atoms with E-state index in [0.29, 0.717) is 12.0 Å². The first-order valence-corrected chi connectivity index (χ1v) is 7.06. The standard InChI is InChI=1S/C17H17FN2O3/c1-11(16(22)12-5-3-2-4-6-12)20-17(23)13-7-8-14(18)15(9-13)19-10-21/h2-11,16,22H,1H3,(H,19,21)(H,20,23). The smallest absolute Gasteiger partial charge is 0.251 e. The fraction of sp³-hybridized carbons (Fsp3) is 0.176. The number of anilines is 1. The van der Waals surface area contributed by atoms with Crippen LogP contribution in [0.15, 0.2) is 48.5 Å². The van der Waals surface area contributed by atoms with Crippen LogP contribution in [-0.4, -0.2) is 23.5 Å². The maximum Gasteiger partial charge on any atom is 0.251 e. The van der Waals surface area contributed by atoms with Crippen molar-refractivity contribution in [3.8, 4) is 0 Å². The number of nitrogens with one attached hydrogen (secondary N) is 2. The summed E-state index contributed by atoms with van der Waals surface area (Å²) in [6, 6.07) is 12.0. The van der Waals surface area contributed by atoms with Crippen LogP contribution in [0.4, 0.5) is 10.1 Å². The fourth-order valence-corrected chi connectivity index (χ4v) is 2.15. The van der Waals surface area contributed by atoms with E-state index in [1.165, 1.54) is 12.1 Å². The molecule has 0 fully saturated rings. The molecule has 6 heteroatoms. The molecule has 2 amide bonds. The van der Waals surface area contributed by atoms with Crippen LogP contribution in [-0.2, 0) is 4.79 Å². The fourth-order valence-electron chi connectivity index (χ4n) is 2.15. The third-order valence-corrected chi connectivity index (χ3v) is 3.42. The second-order valence-corrected chi connectivity index (χ2v) is 5.07. The zero-order chi connectivity index (χ0) is 16.8. The van der Waals surface area contributed by atoms with Gasteiger partial charge in [-0.15, -0.1) is 0 Å². The highest BCUT2D eigenvalue weighted by molar-refractivity contribution is 5.95. The molecule has 2 aromatic rings. The molecule has 0 saturated heterocycles. The molecule has 23 heavy (non-hydrogen) atoms. The van der Waals surface area contributed by atoms with Gasteiger partial charge in [0.15, 0.2) is 0 Å². The van der Waals surface area contributed by atoms with E-state index in [0.717, 1.165) is 6.07 Å². The highest BCUT2D eigenvalue weighted by atomic mass is 19.1. The van der Waals surface area contributed by atoms with Crippen LogP contribution in [0.3, 0.4) is 0 Å². The van der Waals surface area contributed by atoms with Gasteiger partial charge in [-0.1, -0.05) is 30.3 Å². The molecule has 0 aliphatic carbocycles. The van der Waals surface area contributed by atoms with Crippen LogP contribution in [0.25, 0.3) is 0 Å². The zero-order valence-corrected chi connectivity index (χ0v) is 12.5. The van der Waals surface area contributed by atoms with Crippen molar-refractivity contribution in [2.24, 2.45) is 0 Å². The number of amides is 2. The maximum absolute atomic E-state index is 13.4. The minimum absolute atomic E-state index is 0.0797. The molecule has 0 aliphatic heterocycles. The van der Waals surface area contributed by atoms with Crippen molar-refractivity contribution in [1.29, 1.82) is 0 Å². The summed E-state index contributed by atoms with van der Waals surface area (Å²) in [5, 5.41) is 15.1. The van der Waals surface area contributed by atoms with Gasteiger partial charge in [-0.3, -0.25) is 9.59 Å². The van der Waals surface area contributed by atoms with Gasteiger partial charge in [0.2, 0.25) is 6.41 Å². The second-order valence-electron chi connectivity index (χ2n) is 5.07.